The fourth-order valence-electron chi connectivity index (χ4n) is 1.45. The standard InChI is InChI=1S/C11H10ClN3O2/c1-2-7-6-9(11(16)17)15(14-7)10-8(12)4-3-5-13-10/h3-6H,2H2,1H3,(H,16,17). The van der Waals surface area contributed by atoms with Gasteiger partial charge in [-0.3, -0.25) is 0 Å². The average molecular weight is 252 g/mol. The lowest BCUT2D eigenvalue weighted by Crippen LogP contribution is -2.09. The van der Waals surface area contributed by atoms with Crippen LogP contribution in [0.25, 0.3) is 5.82 Å². The van der Waals surface area contributed by atoms with Crippen molar-refractivity contribution in [1.82, 2.24) is 14.8 Å². The molecule has 6 heteroatoms. The Morgan fingerprint density at radius 2 is 2.35 bits per heavy atom. The van der Waals surface area contributed by atoms with Gasteiger partial charge in [-0.1, -0.05) is 18.5 Å². The van der Waals surface area contributed by atoms with Crippen molar-refractivity contribution in [3.63, 3.8) is 0 Å². The van der Waals surface area contributed by atoms with Crippen LogP contribution in [-0.4, -0.2) is 25.8 Å². The topological polar surface area (TPSA) is 68.0 Å². The summed E-state index contributed by atoms with van der Waals surface area (Å²) >= 11 is 5.97. The van der Waals surface area contributed by atoms with E-state index >= 15 is 0 Å². The normalized spacial score (nSPS) is 10.5. The summed E-state index contributed by atoms with van der Waals surface area (Å²) < 4.78 is 1.25. The van der Waals surface area contributed by atoms with Crippen molar-refractivity contribution in [2.24, 2.45) is 0 Å². The van der Waals surface area contributed by atoms with Gasteiger partial charge in [0.15, 0.2) is 11.5 Å². The number of hydrogen-bond donors (Lipinski definition) is 1. The van der Waals surface area contributed by atoms with Crippen molar-refractivity contribution < 1.29 is 9.90 Å². The van der Waals surface area contributed by atoms with Crippen LogP contribution < -0.4 is 0 Å². The Morgan fingerprint density at radius 1 is 1.59 bits per heavy atom. The highest BCUT2D eigenvalue weighted by atomic mass is 35.5. The van der Waals surface area contributed by atoms with E-state index in [1.54, 1.807) is 18.3 Å². The first-order valence-corrected chi connectivity index (χ1v) is 5.44. The summed E-state index contributed by atoms with van der Waals surface area (Å²) in [4.78, 5) is 15.1. The fraction of sp³-hybridized carbons (Fsp3) is 0.182. The van der Waals surface area contributed by atoms with E-state index < -0.39 is 5.97 Å². The third-order valence-corrected chi connectivity index (χ3v) is 2.58. The molecule has 0 fully saturated rings. The molecule has 2 aromatic rings. The number of hydrogen-bond acceptors (Lipinski definition) is 3. The highest BCUT2D eigenvalue weighted by Gasteiger charge is 2.17. The minimum absolute atomic E-state index is 0.0578. The molecule has 0 spiro atoms. The van der Waals surface area contributed by atoms with Gasteiger partial charge >= 0.3 is 5.97 Å². The van der Waals surface area contributed by atoms with Gasteiger partial charge in [-0.05, 0) is 24.6 Å². The molecule has 0 unspecified atom stereocenters. The number of aromatic carboxylic acids is 1. The highest BCUT2D eigenvalue weighted by molar-refractivity contribution is 6.32. The minimum Gasteiger partial charge on any atom is -0.477 e. The Kier molecular flexibility index (Phi) is 3.10. The Morgan fingerprint density at radius 3 is 2.94 bits per heavy atom. The van der Waals surface area contributed by atoms with Crippen LogP contribution in [0.3, 0.4) is 0 Å². The summed E-state index contributed by atoms with van der Waals surface area (Å²) in [6, 6.07) is 4.84. The molecule has 0 bridgehead atoms. The van der Waals surface area contributed by atoms with Gasteiger partial charge in [-0.15, -0.1) is 0 Å². The molecule has 0 saturated carbocycles. The number of carbonyl (C=O) groups is 1. The maximum absolute atomic E-state index is 11.1. The minimum atomic E-state index is -1.06. The third kappa shape index (κ3) is 2.14. The second-order valence-electron chi connectivity index (χ2n) is 3.40. The molecular formula is C11H10ClN3O2. The Balaban J connectivity index is 2.62. The van der Waals surface area contributed by atoms with E-state index in [0.29, 0.717) is 23.0 Å². The number of aryl methyl sites for hydroxylation is 1. The molecule has 88 valence electrons. The summed E-state index contributed by atoms with van der Waals surface area (Å²) in [5, 5.41) is 13.6. The van der Waals surface area contributed by atoms with Crippen LogP contribution in [0.4, 0.5) is 0 Å². The maximum Gasteiger partial charge on any atom is 0.354 e. The van der Waals surface area contributed by atoms with E-state index in [4.69, 9.17) is 16.7 Å². The molecule has 0 aromatic carbocycles. The van der Waals surface area contributed by atoms with Gasteiger partial charge in [0.1, 0.15) is 0 Å². The predicted octanol–water partition coefficient (Wildman–Crippen LogP) is 2.18. The first kappa shape index (κ1) is 11.6. The molecule has 2 aromatic heterocycles. The van der Waals surface area contributed by atoms with Gasteiger partial charge in [0, 0.05) is 6.20 Å². The summed E-state index contributed by atoms with van der Waals surface area (Å²) in [6.07, 6.45) is 2.19. The lowest BCUT2D eigenvalue weighted by Gasteiger charge is -2.04. The summed E-state index contributed by atoms with van der Waals surface area (Å²) in [7, 11) is 0. The van der Waals surface area contributed by atoms with Crippen LogP contribution in [0.2, 0.25) is 5.02 Å². The van der Waals surface area contributed by atoms with Crippen molar-refractivity contribution in [2.45, 2.75) is 13.3 Å². The van der Waals surface area contributed by atoms with E-state index in [9.17, 15) is 4.79 Å². The van der Waals surface area contributed by atoms with Crippen LogP contribution in [-0.2, 0) is 6.42 Å². The quantitative estimate of drug-likeness (QED) is 0.908. The van der Waals surface area contributed by atoms with Crippen molar-refractivity contribution in [2.75, 3.05) is 0 Å². The van der Waals surface area contributed by atoms with E-state index in [1.807, 2.05) is 6.92 Å². The average Bonchev–Trinajstić information content (AvgIpc) is 2.73. The van der Waals surface area contributed by atoms with Crippen molar-refractivity contribution in [3.8, 4) is 5.82 Å². The molecule has 0 aliphatic heterocycles. The van der Waals surface area contributed by atoms with Gasteiger partial charge in [-0.25, -0.2) is 14.5 Å². The zero-order chi connectivity index (χ0) is 12.4. The van der Waals surface area contributed by atoms with Crippen LogP contribution >= 0.6 is 11.6 Å². The molecule has 2 heterocycles. The Hall–Kier alpha value is -1.88. The number of halogens is 1. The molecule has 0 aliphatic rings. The molecule has 17 heavy (non-hydrogen) atoms. The lowest BCUT2D eigenvalue weighted by molar-refractivity contribution is 0.0687. The van der Waals surface area contributed by atoms with Gasteiger partial charge < -0.3 is 5.11 Å². The maximum atomic E-state index is 11.1. The summed E-state index contributed by atoms with van der Waals surface area (Å²) in [6.45, 7) is 1.90. The zero-order valence-electron chi connectivity index (χ0n) is 9.09. The monoisotopic (exact) mass is 251 g/mol. The Bertz CT molecular complexity index is 566. The lowest BCUT2D eigenvalue weighted by atomic mass is 10.3. The van der Waals surface area contributed by atoms with Crippen molar-refractivity contribution in [1.29, 1.82) is 0 Å². The predicted molar refractivity (Wildman–Crippen MR) is 62.7 cm³/mol. The first-order chi connectivity index (χ1) is 8.13. The van der Waals surface area contributed by atoms with Crippen LogP contribution in [0, 0.1) is 0 Å². The van der Waals surface area contributed by atoms with Crippen molar-refractivity contribution >= 4 is 17.6 Å². The molecule has 2 rings (SSSR count). The van der Waals surface area contributed by atoms with Crippen LogP contribution in [0.5, 0.6) is 0 Å². The number of carboxylic acids is 1. The summed E-state index contributed by atoms with van der Waals surface area (Å²) in [5.41, 5.74) is 0.742. The Labute approximate surface area is 103 Å². The number of nitrogens with zero attached hydrogens (tertiary/aromatic N) is 3. The van der Waals surface area contributed by atoms with E-state index in [2.05, 4.69) is 10.1 Å². The zero-order valence-corrected chi connectivity index (χ0v) is 9.85. The molecular weight excluding hydrogens is 242 g/mol. The third-order valence-electron chi connectivity index (χ3n) is 2.28. The number of aromatic nitrogens is 3. The molecule has 0 saturated heterocycles. The van der Waals surface area contributed by atoms with E-state index in [-0.39, 0.29) is 5.69 Å². The fourth-order valence-corrected chi connectivity index (χ4v) is 1.65. The smallest absolute Gasteiger partial charge is 0.354 e. The summed E-state index contributed by atoms with van der Waals surface area (Å²) in [5.74, 6) is -0.731. The number of rotatable bonds is 3. The molecule has 0 radical (unpaired) electrons. The second-order valence-corrected chi connectivity index (χ2v) is 3.81. The molecule has 5 nitrogen and oxygen atoms in total. The van der Waals surface area contributed by atoms with E-state index in [1.165, 1.54) is 10.7 Å². The molecule has 0 amide bonds. The van der Waals surface area contributed by atoms with Gasteiger partial charge in [0.05, 0.1) is 10.7 Å². The molecule has 1 N–H and O–H groups in total. The van der Waals surface area contributed by atoms with Gasteiger partial charge in [0.2, 0.25) is 0 Å². The van der Waals surface area contributed by atoms with Crippen LogP contribution in [0.1, 0.15) is 23.1 Å². The van der Waals surface area contributed by atoms with Gasteiger partial charge in [-0.2, -0.15) is 5.10 Å². The molecule has 0 aliphatic carbocycles. The molecule has 0 atom stereocenters. The van der Waals surface area contributed by atoms with Crippen LogP contribution in [0.15, 0.2) is 24.4 Å². The number of pyridine rings is 1. The van der Waals surface area contributed by atoms with E-state index in [0.717, 1.165) is 0 Å². The largest absolute Gasteiger partial charge is 0.477 e. The highest BCUT2D eigenvalue weighted by Crippen LogP contribution is 2.19. The number of carboxylic acid groups (broad SMARTS) is 1. The van der Waals surface area contributed by atoms with Gasteiger partial charge in [0.25, 0.3) is 0 Å². The SMILES string of the molecule is CCc1cc(C(=O)O)n(-c2ncccc2Cl)n1. The second kappa shape index (κ2) is 4.55. The van der Waals surface area contributed by atoms with Crippen molar-refractivity contribution in [3.05, 3.63) is 40.8 Å². The first-order valence-electron chi connectivity index (χ1n) is 5.06.